The van der Waals surface area contributed by atoms with Crippen LogP contribution in [-0.2, 0) is 16.4 Å². The van der Waals surface area contributed by atoms with Crippen LogP contribution in [0.3, 0.4) is 0 Å². The van der Waals surface area contributed by atoms with Gasteiger partial charge in [0.2, 0.25) is 9.84 Å². The van der Waals surface area contributed by atoms with Crippen molar-refractivity contribution in [3.63, 3.8) is 0 Å². The van der Waals surface area contributed by atoms with Crippen molar-refractivity contribution in [3.05, 3.63) is 40.8 Å². The number of nitrogens with zero attached hydrogens (tertiary/aromatic N) is 1. The third kappa shape index (κ3) is 3.27. The van der Waals surface area contributed by atoms with E-state index in [1.165, 1.54) is 23.5 Å². The van der Waals surface area contributed by atoms with Crippen LogP contribution >= 0.6 is 11.3 Å². The van der Waals surface area contributed by atoms with E-state index in [0.717, 1.165) is 17.8 Å². The number of benzene rings is 1. The number of aromatic nitrogens is 1. The molecule has 102 valence electrons. The highest BCUT2D eigenvalue weighted by Gasteiger charge is 2.26. The molecule has 1 aromatic carbocycles. The Morgan fingerprint density at radius 3 is 2.47 bits per heavy atom. The molecule has 0 amide bonds. The molecule has 0 saturated heterocycles. The maximum Gasteiger partial charge on any atom is 0.341 e. The quantitative estimate of drug-likeness (QED) is 0.922. The van der Waals surface area contributed by atoms with Crippen molar-refractivity contribution in [3.8, 4) is 0 Å². The smallest absolute Gasteiger partial charge is 0.341 e. The molecule has 1 aromatic heterocycles. The van der Waals surface area contributed by atoms with E-state index in [1.54, 1.807) is 5.51 Å². The molecule has 0 saturated carbocycles. The summed E-state index contributed by atoms with van der Waals surface area (Å²) in [6, 6.07) is 5.21. The third-order valence-electron chi connectivity index (χ3n) is 2.37. The van der Waals surface area contributed by atoms with Crippen LogP contribution in [0.4, 0.5) is 14.5 Å². The topological polar surface area (TPSA) is 59.1 Å². The van der Waals surface area contributed by atoms with Gasteiger partial charge in [-0.15, -0.1) is 11.3 Å². The molecule has 1 heterocycles. The average molecular weight is 304 g/mol. The van der Waals surface area contributed by atoms with Gasteiger partial charge in [-0.2, -0.15) is 8.78 Å². The Labute approximate surface area is 113 Å². The summed E-state index contributed by atoms with van der Waals surface area (Å²) in [6.45, 7) is 0.491. The average Bonchev–Trinajstić information content (AvgIpc) is 2.90. The summed E-state index contributed by atoms with van der Waals surface area (Å²) in [6.07, 6.45) is 0. The van der Waals surface area contributed by atoms with Crippen molar-refractivity contribution in [1.29, 1.82) is 0 Å². The predicted molar refractivity (Wildman–Crippen MR) is 69.1 cm³/mol. The number of rotatable bonds is 5. The molecule has 0 atom stereocenters. The molecule has 0 bridgehead atoms. The van der Waals surface area contributed by atoms with Crippen LogP contribution in [0, 0.1) is 0 Å². The number of halogens is 2. The van der Waals surface area contributed by atoms with Crippen LogP contribution < -0.4 is 5.32 Å². The van der Waals surface area contributed by atoms with Crippen molar-refractivity contribution < 1.29 is 17.2 Å². The first kappa shape index (κ1) is 13.9. The first-order valence-corrected chi connectivity index (χ1v) is 7.72. The molecule has 0 aliphatic carbocycles. The second kappa shape index (κ2) is 5.62. The van der Waals surface area contributed by atoms with Gasteiger partial charge in [-0.1, -0.05) is 0 Å². The fourth-order valence-electron chi connectivity index (χ4n) is 1.38. The van der Waals surface area contributed by atoms with Gasteiger partial charge in [0.15, 0.2) is 0 Å². The molecular formula is C11H10F2N2O2S2. The van der Waals surface area contributed by atoms with Crippen molar-refractivity contribution in [2.75, 3.05) is 5.32 Å². The molecule has 4 nitrogen and oxygen atoms in total. The maximum atomic E-state index is 12.3. The van der Waals surface area contributed by atoms with Gasteiger partial charge in [0.05, 0.1) is 22.6 Å². The molecule has 1 N–H and O–H groups in total. The normalized spacial score (nSPS) is 11.7. The Bertz CT molecular complexity index is 625. The molecule has 0 aliphatic rings. The van der Waals surface area contributed by atoms with Crippen LogP contribution in [0.1, 0.15) is 5.69 Å². The first-order valence-electron chi connectivity index (χ1n) is 5.23. The molecule has 8 heteroatoms. The fraction of sp³-hybridized carbons (Fsp3) is 0.182. The summed E-state index contributed by atoms with van der Waals surface area (Å²) < 4.78 is 47.1. The number of nitrogens with one attached hydrogen (secondary N) is 1. The SMILES string of the molecule is O=S(=O)(c1ccc(NCc2cscn2)cc1)C(F)F. The fourth-order valence-corrected chi connectivity index (χ4v) is 2.66. The van der Waals surface area contributed by atoms with E-state index in [-0.39, 0.29) is 4.90 Å². The van der Waals surface area contributed by atoms with Crippen molar-refractivity contribution in [2.45, 2.75) is 17.2 Å². The lowest BCUT2D eigenvalue weighted by atomic mass is 10.3. The van der Waals surface area contributed by atoms with Gasteiger partial charge in [-0.05, 0) is 24.3 Å². The summed E-state index contributed by atoms with van der Waals surface area (Å²) in [5.41, 5.74) is 3.20. The number of thiazole rings is 1. The monoisotopic (exact) mass is 304 g/mol. The molecule has 0 radical (unpaired) electrons. The molecule has 0 fully saturated rings. The molecule has 2 aromatic rings. The standard InChI is InChI=1S/C11H10F2N2O2S2/c12-11(13)19(16,17)10-3-1-8(2-4-10)14-5-9-6-18-7-15-9/h1-4,6-7,11,14H,5H2. The summed E-state index contributed by atoms with van der Waals surface area (Å²) in [5, 5.41) is 4.89. The zero-order valence-corrected chi connectivity index (χ0v) is 11.2. The van der Waals surface area contributed by atoms with Crippen LogP contribution in [0.5, 0.6) is 0 Å². The van der Waals surface area contributed by atoms with Gasteiger partial charge in [-0.3, -0.25) is 0 Å². The minimum Gasteiger partial charge on any atom is -0.379 e. The van der Waals surface area contributed by atoms with Gasteiger partial charge in [0.1, 0.15) is 0 Å². The summed E-state index contributed by atoms with van der Waals surface area (Å²) in [4.78, 5) is 3.68. The molecule has 0 unspecified atom stereocenters. The summed E-state index contributed by atoms with van der Waals surface area (Å²) in [5.74, 6) is -3.40. The first-order chi connectivity index (χ1) is 9.00. The largest absolute Gasteiger partial charge is 0.379 e. The Morgan fingerprint density at radius 1 is 1.26 bits per heavy atom. The predicted octanol–water partition coefficient (Wildman–Crippen LogP) is 2.75. The Balaban J connectivity index is 2.07. The van der Waals surface area contributed by atoms with Crippen LogP contribution in [0.15, 0.2) is 40.1 Å². The second-order valence-corrected chi connectivity index (χ2v) is 6.30. The highest BCUT2D eigenvalue weighted by molar-refractivity contribution is 7.91. The van der Waals surface area contributed by atoms with Gasteiger partial charge in [-0.25, -0.2) is 13.4 Å². The van der Waals surface area contributed by atoms with Crippen LogP contribution in [0.2, 0.25) is 0 Å². The maximum absolute atomic E-state index is 12.3. The minimum atomic E-state index is -4.52. The highest BCUT2D eigenvalue weighted by atomic mass is 32.2. The Kier molecular flexibility index (Phi) is 4.11. The van der Waals surface area contributed by atoms with E-state index in [1.807, 2.05) is 5.38 Å². The molecular weight excluding hydrogens is 294 g/mol. The third-order valence-corrected chi connectivity index (χ3v) is 4.41. The minimum absolute atomic E-state index is 0.387. The Hall–Kier alpha value is -1.54. The zero-order valence-electron chi connectivity index (χ0n) is 9.58. The number of anilines is 1. The van der Waals surface area contributed by atoms with E-state index in [9.17, 15) is 17.2 Å². The molecule has 2 rings (SSSR count). The zero-order chi connectivity index (χ0) is 13.9. The number of hydrogen-bond donors (Lipinski definition) is 1. The van der Waals surface area contributed by atoms with E-state index < -0.39 is 15.6 Å². The van der Waals surface area contributed by atoms with Crippen LogP contribution in [0.25, 0.3) is 0 Å². The van der Waals surface area contributed by atoms with Crippen molar-refractivity contribution >= 4 is 26.9 Å². The number of sulfone groups is 1. The molecule has 0 spiro atoms. The summed E-state index contributed by atoms with van der Waals surface area (Å²) in [7, 11) is -4.52. The lowest BCUT2D eigenvalue weighted by molar-refractivity contribution is 0.234. The lowest BCUT2D eigenvalue weighted by Crippen LogP contribution is -2.11. The second-order valence-electron chi connectivity index (χ2n) is 3.66. The lowest BCUT2D eigenvalue weighted by Gasteiger charge is -2.06. The van der Waals surface area contributed by atoms with E-state index in [4.69, 9.17) is 0 Å². The molecule has 0 aliphatic heterocycles. The van der Waals surface area contributed by atoms with Crippen molar-refractivity contribution in [1.82, 2.24) is 4.98 Å². The molecule has 19 heavy (non-hydrogen) atoms. The number of alkyl halides is 2. The van der Waals surface area contributed by atoms with Gasteiger partial charge in [0.25, 0.3) is 0 Å². The van der Waals surface area contributed by atoms with E-state index in [0.29, 0.717) is 12.2 Å². The Morgan fingerprint density at radius 2 is 1.95 bits per heavy atom. The highest BCUT2D eigenvalue weighted by Crippen LogP contribution is 2.20. The van der Waals surface area contributed by atoms with Gasteiger partial charge < -0.3 is 5.32 Å². The van der Waals surface area contributed by atoms with E-state index >= 15 is 0 Å². The van der Waals surface area contributed by atoms with Gasteiger partial charge in [0, 0.05) is 11.1 Å². The van der Waals surface area contributed by atoms with Gasteiger partial charge >= 0.3 is 5.76 Å². The van der Waals surface area contributed by atoms with Crippen LogP contribution in [-0.4, -0.2) is 19.2 Å². The number of hydrogen-bond acceptors (Lipinski definition) is 5. The van der Waals surface area contributed by atoms with E-state index in [2.05, 4.69) is 10.3 Å². The summed E-state index contributed by atoms with van der Waals surface area (Å²) >= 11 is 1.47. The van der Waals surface area contributed by atoms with Crippen molar-refractivity contribution in [2.24, 2.45) is 0 Å².